The second kappa shape index (κ2) is 6.36. The first-order chi connectivity index (χ1) is 12.3. The molecule has 136 valence electrons. The molecule has 2 aromatic carbocycles. The highest BCUT2D eigenvalue weighted by molar-refractivity contribution is 6.35. The van der Waals surface area contributed by atoms with Crippen LogP contribution in [0.1, 0.15) is 35.1 Å². The molecule has 0 saturated carbocycles. The third kappa shape index (κ3) is 2.98. The van der Waals surface area contributed by atoms with Gasteiger partial charge in [-0.15, -0.1) is 0 Å². The number of hydrogen-bond donors (Lipinski definition) is 1. The molecule has 0 radical (unpaired) electrons. The Kier molecular flexibility index (Phi) is 4.41. The lowest BCUT2D eigenvalue weighted by molar-refractivity contribution is -0.137. The summed E-state index contributed by atoms with van der Waals surface area (Å²) in [5.74, 6) is -0.0940. The van der Waals surface area contributed by atoms with Crippen LogP contribution in [-0.4, -0.2) is 0 Å². The van der Waals surface area contributed by atoms with Crippen LogP contribution < -0.4 is 5.32 Å². The molecule has 0 saturated heterocycles. The Morgan fingerprint density at radius 1 is 0.962 bits per heavy atom. The number of fused-ring (bicyclic) bond motifs is 3. The van der Waals surface area contributed by atoms with E-state index >= 15 is 0 Å². The predicted octanol–water partition coefficient (Wildman–Crippen LogP) is 7.49. The Balaban J connectivity index is 1.83. The first kappa shape index (κ1) is 18.0. The largest absolute Gasteiger partial charge is 0.416 e. The maximum atomic E-state index is 13.2. The van der Waals surface area contributed by atoms with E-state index in [-0.39, 0.29) is 22.9 Å². The van der Waals surface area contributed by atoms with Gasteiger partial charge in [0.25, 0.3) is 0 Å². The maximum Gasteiger partial charge on any atom is 0.416 e. The van der Waals surface area contributed by atoms with Gasteiger partial charge in [-0.25, -0.2) is 0 Å². The summed E-state index contributed by atoms with van der Waals surface area (Å²) < 4.78 is 39.6. The average Bonchev–Trinajstić information content (AvgIpc) is 3.04. The van der Waals surface area contributed by atoms with E-state index in [1.165, 1.54) is 6.07 Å². The number of alkyl halides is 3. The zero-order valence-corrected chi connectivity index (χ0v) is 15.5. The van der Waals surface area contributed by atoms with Gasteiger partial charge in [0.15, 0.2) is 0 Å². The van der Waals surface area contributed by atoms with Crippen molar-refractivity contribution >= 4 is 40.5 Å². The van der Waals surface area contributed by atoms with Crippen LogP contribution in [0.15, 0.2) is 42.5 Å². The van der Waals surface area contributed by atoms with E-state index < -0.39 is 11.7 Å². The normalized spacial score (nSPS) is 24.2. The molecule has 26 heavy (non-hydrogen) atoms. The molecular weight excluding hydrogens is 406 g/mol. The molecule has 2 aromatic rings. The van der Waals surface area contributed by atoms with Crippen molar-refractivity contribution in [2.75, 3.05) is 5.32 Å². The Hall–Kier alpha value is -1.36. The lowest BCUT2D eigenvalue weighted by atomic mass is 9.76. The van der Waals surface area contributed by atoms with Crippen LogP contribution in [0.25, 0.3) is 0 Å². The molecule has 0 amide bonds. The van der Waals surface area contributed by atoms with Gasteiger partial charge in [0, 0.05) is 16.0 Å². The summed E-state index contributed by atoms with van der Waals surface area (Å²) in [4.78, 5) is 0. The van der Waals surface area contributed by atoms with Gasteiger partial charge in [-0.2, -0.15) is 13.2 Å². The standard InChI is InChI=1S/C19H13Cl3F3N/c20-10-4-5-13(15(21)8-10)17-12-3-1-2-11(12)14-6-9(19(23,24)25)7-16(22)18(14)26-17/h1-2,4-8,11-12,17,26H,3H2. The van der Waals surface area contributed by atoms with Crippen LogP contribution in [0.4, 0.5) is 18.9 Å². The minimum atomic E-state index is -4.44. The fourth-order valence-electron chi connectivity index (χ4n) is 3.88. The van der Waals surface area contributed by atoms with Crippen LogP contribution in [0.3, 0.4) is 0 Å². The molecule has 3 atom stereocenters. The summed E-state index contributed by atoms with van der Waals surface area (Å²) in [5.41, 5.74) is 1.23. The molecule has 1 aliphatic heterocycles. The van der Waals surface area contributed by atoms with Crippen LogP contribution >= 0.6 is 34.8 Å². The predicted molar refractivity (Wildman–Crippen MR) is 99.3 cm³/mol. The van der Waals surface area contributed by atoms with Gasteiger partial charge in [-0.05, 0) is 47.7 Å². The number of benzene rings is 2. The van der Waals surface area contributed by atoms with Crippen molar-refractivity contribution in [1.82, 2.24) is 0 Å². The Labute approximate surface area is 163 Å². The second-order valence-electron chi connectivity index (χ2n) is 6.56. The van der Waals surface area contributed by atoms with Crippen LogP contribution in [0.5, 0.6) is 0 Å². The molecule has 1 nitrogen and oxygen atoms in total. The minimum Gasteiger partial charge on any atom is -0.376 e. The molecular formula is C19H13Cl3F3N. The fraction of sp³-hybridized carbons (Fsp3) is 0.263. The van der Waals surface area contributed by atoms with Crippen molar-refractivity contribution in [3.05, 3.63) is 74.2 Å². The fourth-order valence-corrected chi connectivity index (χ4v) is 4.69. The SMILES string of the molecule is FC(F)(F)c1cc(Cl)c2c(c1)C1C=CCC1C(c1ccc(Cl)cc1Cl)N2. The summed E-state index contributed by atoms with van der Waals surface area (Å²) in [6.07, 6.45) is 0.260. The number of rotatable bonds is 1. The molecule has 1 heterocycles. The number of halogens is 6. The van der Waals surface area contributed by atoms with Crippen LogP contribution in [0.2, 0.25) is 15.1 Å². The molecule has 2 aliphatic rings. The van der Waals surface area contributed by atoms with Crippen molar-refractivity contribution in [2.45, 2.75) is 24.6 Å². The molecule has 0 fully saturated rings. The van der Waals surface area contributed by atoms with E-state index in [0.717, 1.165) is 18.1 Å². The Morgan fingerprint density at radius 3 is 2.42 bits per heavy atom. The summed E-state index contributed by atoms with van der Waals surface area (Å²) >= 11 is 18.6. The smallest absolute Gasteiger partial charge is 0.376 e. The summed E-state index contributed by atoms with van der Waals surface area (Å²) in [5, 5.41) is 4.44. The first-order valence-electron chi connectivity index (χ1n) is 8.04. The van der Waals surface area contributed by atoms with Crippen molar-refractivity contribution in [3.63, 3.8) is 0 Å². The number of nitrogens with one attached hydrogen (secondary N) is 1. The molecule has 0 bridgehead atoms. The van der Waals surface area contributed by atoms with Gasteiger partial charge in [-0.1, -0.05) is 53.0 Å². The third-order valence-corrected chi connectivity index (χ3v) is 5.91. The lowest BCUT2D eigenvalue weighted by Gasteiger charge is -2.38. The molecule has 7 heteroatoms. The molecule has 3 unspecified atom stereocenters. The zero-order valence-electron chi connectivity index (χ0n) is 13.2. The number of hydrogen-bond acceptors (Lipinski definition) is 1. The monoisotopic (exact) mass is 417 g/mol. The van der Waals surface area contributed by atoms with Gasteiger partial charge in [0.2, 0.25) is 0 Å². The van der Waals surface area contributed by atoms with Crippen LogP contribution in [0, 0.1) is 5.92 Å². The highest BCUT2D eigenvalue weighted by Gasteiger charge is 2.41. The topological polar surface area (TPSA) is 12.0 Å². The highest BCUT2D eigenvalue weighted by atomic mass is 35.5. The second-order valence-corrected chi connectivity index (χ2v) is 7.81. The summed E-state index contributed by atoms with van der Waals surface area (Å²) in [7, 11) is 0. The Bertz CT molecular complexity index is 908. The zero-order chi connectivity index (χ0) is 18.6. The third-order valence-electron chi connectivity index (χ3n) is 5.05. The van der Waals surface area contributed by atoms with Gasteiger partial charge < -0.3 is 5.32 Å². The van der Waals surface area contributed by atoms with E-state index in [9.17, 15) is 13.2 Å². The van der Waals surface area contributed by atoms with Gasteiger partial charge >= 0.3 is 6.18 Å². The maximum absolute atomic E-state index is 13.2. The average molecular weight is 419 g/mol. The van der Waals surface area contributed by atoms with Crippen molar-refractivity contribution in [1.29, 1.82) is 0 Å². The quantitative estimate of drug-likeness (QED) is 0.473. The number of anilines is 1. The van der Waals surface area contributed by atoms with Gasteiger partial charge in [0.05, 0.1) is 22.3 Å². The van der Waals surface area contributed by atoms with E-state index in [0.29, 0.717) is 21.3 Å². The molecule has 4 rings (SSSR count). The molecule has 1 aliphatic carbocycles. The lowest BCUT2D eigenvalue weighted by Crippen LogP contribution is -2.30. The summed E-state index contributed by atoms with van der Waals surface area (Å²) in [6, 6.07) is 7.27. The first-order valence-corrected chi connectivity index (χ1v) is 9.18. The Morgan fingerprint density at radius 2 is 1.73 bits per heavy atom. The minimum absolute atomic E-state index is 0.0562. The summed E-state index contributed by atoms with van der Waals surface area (Å²) in [6.45, 7) is 0. The van der Waals surface area contributed by atoms with Crippen molar-refractivity contribution in [2.24, 2.45) is 5.92 Å². The molecule has 0 spiro atoms. The molecule has 0 aromatic heterocycles. The molecule has 1 N–H and O–H groups in total. The van der Waals surface area contributed by atoms with E-state index in [1.54, 1.807) is 12.1 Å². The van der Waals surface area contributed by atoms with Crippen molar-refractivity contribution < 1.29 is 13.2 Å². The highest BCUT2D eigenvalue weighted by Crippen LogP contribution is 2.53. The van der Waals surface area contributed by atoms with Crippen LogP contribution in [-0.2, 0) is 6.18 Å². The van der Waals surface area contributed by atoms with E-state index in [2.05, 4.69) is 5.32 Å². The van der Waals surface area contributed by atoms with Gasteiger partial charge in [-0.3, -0.25) is 0 Å². The number of allylic oxidation sites excluding steroid dienone is 2. The van der Waals surface area contributed by atoms with E-state index in [4.69, 9.17) is 34.8 Å². The van der Waals surface area contributed by atoms with Gasteiger partial charge in [0.1, 0.15) is 0 Å². The van der Waals surface area contributed by atoms with E-state index in [1.807, 2.05) is 18.2 Å². The van der Waals surface area contributed by atoms with Crippen molar-refractivity contribution in [3.8, 4) is 0 Å².